The molecule has 0 saturated heterocycles. The molecule has 120 valence electrons. The van der Waals surface area contributed by atoms with Crippen LogP contribution in [0.3, 0.4) is 0 Å². The van der Waals surface area contributed by atoms with Crippen LogP contribution in [0.2, 0.25) is 0 Å². The fourth-order valence-corrected chi connectivity index (χ4v) is 3.33. The summed E-state index contributed by atoms with van der Waals surface area (Å²) >= 11 is 0. The van der Waals surface area contributed by atoms with Crippen LogP contribution in [0.15, 0.2) is 71.3 Å². The van der Waals surface area contributed by atoms with Crippen molar-refractivity contribution in [2.75, 3.05) is 0 Å². The molecule has 2 aliphatic rings. The van der Waals surface area contributed by atoms with Gasteiger partial charge >= 0.3 is 0 Å². The van der Waals surface area contributed by atoms with Crippen LogP contribution >= 0.6 is 0 Å². The molecule has 0 fully saturated rings. The minimum atomic E-state index is -0.412. The van der Waals surface area contributed by atoms with Crippen LogP contribution in [0.1, 0.15) is 48.4 Å². The van der Waals surface area contributed by atoms with Crippen LogP contribution in [0.5, 0.6) is 0 Å². The second-order valence-corrected chi connectivity index (χ2v) is 6.00. The van der Waals surface area contributed by atoms with Crippen molar-refractivity contribution in [3.05, 3.63) is 93.6 Å². The van der Waals surface area contributed by atoms with E-state index in [1.54, 1.807) is 48.5 Å². The molecule has 0 spiro atoms. The molecule has 4 nitrogen and oxygen atoms in total. The van der Waals surface area contributed by atoms with Crippen molar-refractivity contribution in [3.8, 4) is 0 Å². The van der Waals surface area contributed by atoms with E-state index in [4.69, 9.17) is 0 Å². The monoisotopic (exact) mass is 328 g/mol. The number of hydrogen-bond donors (Lipinski definition) is 0. The molecular formula is C21H12O4. The molecule has 2 aromatic rings. The number of Topliss-reactive ketones (excluding diaryl/α,β-unsaturated/α-hetero) is 3. The highest BCUT2D eigenvalue weighted by molar-refractivity contribution is 6.35. The Labute approximate surface area is 143 Å². The van der Waals surface area contributed by atoms with Crippen molar-refractivity contribution in [1.29, 1.82) is 0 Å². The van der Waals surface area contributed by atoms with Crippen LogP contribution in [-0.4, -0.2) is 23.1 Å². The third-order valence-corrected chi connectivity index (χ3v) is 4.59. The first-order valence-corrected chi connectivity index (χ1v) is 7.80. The summed E-state index contributed by atoms with van der Waals surface area (Å²) in [6, 6.07) is 13.0. The van der Waals surface area contributed by atoms with E-state index >= 15 is 0 Å². The van der Waals surface area contributed by atoms with Crippen molar-refractivity contribution < 1.29 is 19.2 Å². The molecule has 4 rings (SSSR count). The highest BCUT2D eigenvalue weighted by Crippen LogP contribution is 2.34. The third kappa shape index (κ3) is 2.08. The van der Waals surface area contributed by atoms with E-state index in [2.05, 4.69) is 0 Å². The van der Waals surface area contributed by atoms with Crippen LogP contribution < -0.4 is 0 Å². The predicted molar refractivity (Wildman–Crippen MR) is 91.0 cm³/mol. The van der Waals surface area contributed by atoms with Gasteiger partial charge in [-0.15, -0.1) is 0 Å². The molecule has 0 saturated carbocycles. The summed E-state index contributed by atoms with van der Waals surface area (Å²) in [7, 11) is 0. The average molecular weight is 328 g/mol. The second-order valence-electron chi connectivity index (χ2n) is 6.00. The van der Waals surface area contributed by atoms with E-state index in [1.807, 2.05) is 0 Å². The lowest BCUT2D eigenvalue weighted by Crippen LogP contribution is -2.27. The number of allylic oxidation sites excluding steroid dienone is 4. The Morgan fingerprint density at radius 1 is 0.600 bits per heavy atom. The van der Waals surface area contributed by atoms with Gasteiger partial charge in [-0.25, -0.2) is 0 Å². The van der Waals surface area contributed by atoms with Gasteiger partial charge in [0.25, 0.3) is 0 Å². The first-order chi connectivity index (χ1) is 12.0. The fourth-order valence-electron chi connectivity index (χ4n) is 3.33. The van der Waals surface area contributed by atoms with Crippen LogP contribution in [0.25, 0.3) is 0 Å². The lowest BCUT2D eigenvalue weighted by Gasteiger charge is -2.22. The summed E-state index contributed by atoms with van der Waals surface area (Å²) in [6.45, 7) is 1.52. The molecule has 0 radical (unpaired) electrons. The highest BCUT2D eigenvalue weighted by atomic mass is 16.1. The van der Waals surface area contributed by atoms with Gasteiger partial charge in [0.05, 0.1) is 0 Å². The summed E-state index contributed by atoms with van der Waals surface area (Å²) in [5, 5.41) is 0. The van der Waals surface area contributed by atoms with Crippen molar-refractivity contribution in [2.24, 2.45) is 0 Å². The number of hydrogen-bond acceptors (Lipinski definition) is 4. The largest absolute Gasteiger partial charge is 0.289 e. The van der Waals surface area contributed by atoms with Gasteiger partial charge in [-0.2, -0.15) is 0 Å². The summed E-state index contributed by atoms with van der Waals surface area (Å²) in [5.74, 6) is -1.46. The lowest BCUT2D eigenvalue weighted by atomic mass is 9.77. The molecule has 0 unspecified atom stereocenters. The van der Waals surface area contributed by atoms with Gasteiger partial charge < -0.3 is 0 Å². The third-order valence-electron chi connectivity index (χ3n) is 4.59. The molecule has 0 amide bonds. The fraction of sp³-hybridized carbons (Fsp3) is 0.0476. The van der Waals surface area contributed by atoms with Gasteiger partial charge in [0.1, 0.15) is 0 Å². The van der Waals surface area contributed by atoms with Gasteiger partial charge in [0.2, 0.25) is 0 Å². The predicted octanol–water partition coefficient (Wildman–Crippen LogP) is 3.39. The molecule has 25 heavy (non-hydrogen) atoms. The SMILES string of the molecule is CC1=C(C2=CC(=O)c3ccccc3C2=O)C(=O)c2ccccc2C1=O. The molecule has 0 N–H and O–H groups in total. The Bertz CT molecular complexity index is 1070. The van der Waals surface area contributed by atoms with Gasteiger partial charge in [0, 0.05) is 39.0 Å². The van der Waals surface area contributed by atoms with E-state index in [0.29, 0.717) is 11.1 Å². The van der Waals surface area contributed by atoms with Crippen molar-refractivity contribution in [1.82, 2.24) is 0 Å². The summed E-state index contributed by atoms with van der Waals surface area (Å²) in [5.41, 5.74) is 1.35. The molecule has 0 aromatic heterocycles. The van der Waals surface area contributed by atoms with Gasteiger partial charge in [0.15, 0.2) is 23.1 Å². The quantitative estimate of drug-likeness (QED) is 0.805. The minimum Gasteiger partial charge on any atom is -0.289 e. The number of fused-ring (bicyclic) bond motifs is 2. The van der Waals surface area contributed by atoms with E-state index < -0.39 is 11.6 Å². The smallest absolute Gasteiger partial charge is 0.194 e. The van der Waals surface area contributed by atoms with Crippen molar-refractivity contribution >= 4 is 23.1 Å². The molecule has 0 bridgehead atoms. The molecule has 0 aliphatic heterocycles. The summed E-state index contributed by atoms with van der Waals surface area (Å²) in [4.78, 5) is 50.8. The first kappa shape index (κ1) is 15.1. The maximum atomic E-state index is 12.9. The number of rotatable bonds is 1. The zero-order valence-corrected chi connectivity index (χ0v) is 13.3. The Kier molecular flexibility index (Phi) is 3.22. The summed E-state index contributed by atoms with van der Waals surface area (Å²) in [6.07, 6.45) is 1.17. The number of carbonyl (C=O) groups is 4. The van der Waals surface area contributed by atoms with Crippen molar-refractivity contribution in [2.45, 2.75) is 6.92 Å². The van der Waals surface area contributed by atoms with E-state index in [1.165, 1.54) is 13.0 Å². The lowest BCUT2D eigenvalue weighted by molar-refractivity contribution is 0.0957. The maximum absolute atomic E-state index is 12.9. The van der Waals surface area contributed by atoms with Gasteiger partial charge in [-0.1, -0.05) is 48.5 Å². The van der Waals surface area contributed by atoms with Crippen LogP contribution in [0, 0.1) is 0 Å². The first-order valence-electron chi connectivity index (χ1n) is 7.80. The molecule has 2 aromatic carbocycles. The second kappa shape index (κ2) is 5.31. The van der Waals surface area contributed by atoms with E-state index in [-0.39, 0.29) is 39.4 Å². The summed E-state index contributed by atoms with van der Waals surface area (Å²) < 4.78 is 0. The van der Waals surface area contributed by atoms with E-state index in [0.717, 1.165) is 0 Å². The molecule has 2 aliphatic carbocycles. The van der Waals surface area contributed by atoms with E-state index in [9.17, 15) is 19.2 Å². The average Bonchev–Trinajstić information content (AvgIpc) is 2.64. The van der Waals surface area contributed by atoms with Crippen LogP contribution in [-0.2, 0) is 0 Å². The number of carbonyl (C=O) groups excluding carboxylic acids is 4. The van der Waals surface area contributed by atoms with Gasteiger partial charge in [-0.05, 0) is 13.0 Å². The number of benzene rings is 2. The van der Waals surface area contributed by atoms with Gasteiger partial charge in [-0.3, -0.25) is 19.2 Å². The molecular weight excluding hydrogens is 316 g/mol. The molecule has 0 heterocycles. The highest BCUT2D eigenvalue weighted by Gasteiger charge is 2.36. The Hall–Kier alpha value is -3.40. The topological polar surface area (TPSA) is 68.3 Å². The van der Waals surface area contributed by atoms with Crippen LogP contribution in [0.4, 0.5) is 0 Å². The normalized spacial score (nSPS) is 16.6. The minimum absolute atomic E-state index is 0.00551. The molecule has 4 heteroatoms. The number of ketones is 4. The molecule has 0 atom stereocenters. The Balaban J connectivity index is 1.93. The van der Waals surface area contributed by atoms with Crippen molar-refractivity contribution in [3.63, 3.8) is 0 Å². The zero-order valence-electron chi connectivity index (χ0n) is 13.3. The Morgan fingerprint density at radius 3 is 1.68 bits per heavy atom. The Morgan fingerprint density at radius 2 is 1.08 bits per heavy atom. The maximum Gasteiger partial charge on any atom is 0.194 e. The zero-order chi connectivity index (χ0) is 17.7. The standard InChI is InChI=1S/C21H12O4/c1-11-18(21(25)15-9-5-4-8-14(15)19(11)23)16-10-17(22)12-6-2-3-7-13(12)20(16)24/h2-10H,1H3.